The molecule has 0 spiro atoms. The molecule has 26 heavy (non-hydrogen) atoms. The molecule has 0 radical (unpaired) electrons. The van der Waals surface area contributed by atoms with Gasteiger partial charge in [0.1, 0.15) is 6.61 Å². The molecule has 0 unspecified atom stereocenters. The predicted octanol–water partition coefficient (Wildman–Crippen LogP) is 3.81. The summed E-state index contributed by atoms with van der Waals surface area (Å²) in [4.78, 5) is 15.8. The highest BCUT2D eigenvalue weighted by molar-refractivity contribution is 5.90. The Kier molecular flexibility index (Phi) is 5.01. The molecule has 0 aliphatic rings. The summed E-state index contributed by atoms with van der Waals surface area (Å²) in [5.74, 6) is 0.148. The molecule has 0 saturated carbocycles. The molecule has 1 aromatic heterocycles. The Labute approximate surface area is 147 Å². The van der Waals surface area contributed by atoms with E-state index in [4.69, 9.17) is 9.47 Å². The van der Waals surface area contributed by atoms with Gasteiger partial charge in [-0.2, -0.15) is 8.78 Å². The van der Waals surface area contributed by atoms with Crippen LogP contribution in [0.25, 0.3) is 11.0 Å². The standard InChI is InChI=1S/C18H16F2N2O4/c1-24-15-9-11(17(23)25-2)7-8-14(15)26-10-16-21-12-5-3-4-6-13(12)22(16)18(19)20/h3-9,18H,10H2,1-2H3. The lowest BCUT2D eigenvalue weighted by molar-refractivity contribution is 0.0599. The molecule has 0 aliphatic heterocycles. The Bertz CT molecular complexity index is 940. The number of carbonyl (C=O) groups excluding carboxylic acids is 1. The first kappa shape index (κ1) is 17.7. The van der Waals surface area contributed by atoms with Crippen molar-refractivity contribution in [3.05, 3.63) is 53.9 Å². The van der Waals surface area contributed by atoms with E-state index in [-0.39, 0.29) is 23.7 Å². The third-order valence-electron chi connectivity index (χ3n) is 3.81. The Balaban J connectivity index is 1.88. The van der Waals surface area contributed by atoms with Crippen molar-refractivity contribution in [2.75, 3.05) is 14.2 Å². The molecule has 3 rings (SSSR count). The number of imidazole rings is 1. The van der Waals surface area contributed by atoms with E-state index in [2.05, 4.69) is 9.72 Å². The zero-order valence-electron chi connectivity index (χ0n) is 14.1. The zero-order chi connectivity index (χ0) is 18.7. The Hall–Kier alpha value is -3.16. The van der Waals surface area contributed by atoms with Crippen molar-refractivity contribution in [2.45, 2.75) is 13.2 Å². The fraction of sp³-hybridized carbons (Fsp3) is 0.222. The molecule has 3 aromatic rings. The second-order valence-corrected chi connectivity index (χ2v) is 5.31. The lowest BCUT2D eigenvalue weighted by Crippen LogP contribution is -2.09. The smallest absolute Gasteiger partial charge is 0.337 e. The van der Waals surface area contributed by atoms with Crippen LogP contribution in [0.3, 0.4) is 0 Å². The fourth-order valence-electron chi connectivity index (χ4n) is 2.59. The number of methoxy groups -OCH3 is 2. The minimum atomic E-state index is -2.75. The highest BCUT2D eigenvalue weighted by Crippen LogP contribution is 2.30. The van der Waals surface area contributed by atoms with E-state index in [0.29, 0.717) is 16.8 Å². The van der Waals surface area contributed by atoms with Crippen LogP contribution in [0.1, 0.15) is 22.7 Å². The van der Waals surface area contributed by atoms with Gasteiger partial charge in [-0.25, -0.2) is 9.78 Å². The highest BCUT2D eigenvalue weighted by atomic mass is 19.3. The van der Waals surface area contributed by atoms with Gasteiger partial charge in [-0.1, -0.05) is 12.1 Å². The van der Waals surface area contributed by atoms with Gasteiger partial charge in [-0.15, -0.1) is 0 Å². The molecular weight excluding hydrogens is 346 g/mol. The van der Waals surface area contributed by atoms with Gasteiger partial charge in [0.15, 0.2) is 17.3 Å². The predicted molar refractivity (Wildman–Crippen MR) is 89.7 cm³/mol. The number of alkyl halides is 2. The number of nitrogens with zero attached hydrogens (tertiary/aromatic N) is 2. The molecule has 8 heteroatoms. The molecule has 0 fully saturated rings. The molecule has 0 N–H and O–H groups in total. The van der Waals surface area contributed by atoms with Gasteiger partial charge in [0.2, 0.25) is 0 Å². The second-order valence-electron chi connectivity index (χ2n) is 5.31. The number of hydrogen-bond acceptors (Lipinski definition) is 5. The molecule has 1 heterocycles. The van der Waals surface area contributed by atoms with E-state index >= 15 is 0 Å². The van der Waals surface area contributed by atoms with E-state index in [1.807, 2.05) is 0 Å². The van der Waals surface area contributed by atoms with Crippen molar-refractivity contribution in [1.29, 1.82) is 0 Å². The van der Waals surface area contributed by atoms with Gasteiger partial charge in [0.25, 0.3) is 0 Å². The first-order valence-corrected chi connectivity index (χ1v) is 7.68. The van der Waals surface area contributed by atoms with Crippen LogP contribution in [-0.2, 0) is 11.3 Å². The normalized spacial score (nSPS) is 11.0. The second kappa shape index (κ2) is 7.38. The summed E-state index contributed by atoms with van der Waals surface area (Å²) >= 11 is 0. The van der Waals surface area contributed by atoms with Gasteiger partial charge < -0.3 is 14.2 Å². The van der Waals surface area contributed by atoms with Gasteiger partial charge in [-0.3, -0.25) is 4.57 Å². The maximum Gasteiger partial charge on any atom is 0.337 e. The van der Waals surface area contributed by atoms with Gasteiger partial charge in [0, 0.05) is 0 Å². The summed E-state index contributed by atoms with van der Waals surface area (Å²) in [6, 6.07) is 11.1. The van der Waals surface area contributed by atoms with Gasteiger partial charge in [-0.05, 0) is 30.3 Å². The summed E-state index contributed by atoms with van der Waals surface area (Å²) in [6.45, 7) is -2.93. The van der Waals surface area contributed by atoms with Crippen molar-refractivity contribution in [3.63, 3.8) is 0 Å². The number of benzene rings is 2. The molecule has 0 bridgehead atoms. The van der Waals surface area contributed by atoms with Crippen LogP contribution < -0.4 is 9.47 Å². The summed E-state index contributed by atoms with van der Waals surface area (Å²) < 4.78 is 43.1. The fourth-order valence-corrected chi connectivity index (χ4v) is 2.59. The minimum absolute atomic E-state index is 0.0836. The third-order valence-corrected chi connectivity index (χ3v) is 3.81. The van der Waals surface area contributed by atoms with Gasteiger partial charge >= 0.3 is 12.5 Å². The van der Waals surface area contributed by atoms with Crippen LogP contribution in [0.4, 0.5) is 8.78 Å². The minimum Gasteiger partial charge on any atom is -0.493 e. The largest absolute Gasteiger partial charge is 0.493 e. The Morgan fingerprint density at radius 1 is 1.15 bits per heavy atom. The van der Waals surface area contributed by atoms with Crippen LogP contribution in [-0.4, -0.2) is 29.7 Å². The van der Waals surface area contributed by atoms with Crippen LogP contribution in [0.2, 0.25) is 0 Å². The number of fused-ring (bicyclic) bond motifs is 1. The first-order valence-electron chi connectivity index (χ1n) is 7.68. The van der Waals surface area contributed by atoms with E-state index in [9.17, 15) is 13.6 Å². The number of halogens is 2. The van der Waals surface area contributed by atoms with E-state index in [1.165, 1.54) is 32.4 Å². The van der Waals surface area contributed by atoms with Crippen LogP contribution in [0.5, 0.6) is 11.5 Å². The third kappa shape index (κ3) is 3.30. The Morgan fingerprint density at radius 2 is 1.92 bits per heavy atom. The van der Waals surface area contributed by atoms with Crippen LogP contribution in [0, 0.1) is 0 Å². The zero-order valence-corrected chi connectivity index (χ0v) is 14.1. The molecule has 2 aromatic carbocycles. The maximum atomic E-state index is 13.4. The quantitative estimate of drug-likeness (QED) is 0.624. The number of para-hydroxylation sites is 2. The highest BCUT2D eigenvalue weighted by Gasteiger charge is 2.19. The summed E-state index contributed by atoms with van der Waals surface area (Å²) in [5, 5.41) is 0. The monoisotopic (exact) mass is 362 g/mol. The average molecular weight is 362 g/mol. The molecule has 0 saturated heterocycles. The number of rotatable bonds is 6. The molecular formula is C18H16F2N2O4. The van der Waals surface area contributed by atoms with E-state index in [1.54, 1.807) is 24.3 Å². The average Bonchev–Trinajstić information content (AvgIpc) is 3.04. The van der Waals surface area contributed by atoms with Crippen molar-refractivity contribution in [2.24, 2.45) is 0 Å². The van der Waals surface area contributed by atoms with Gasteiger partial charge in [0.05, 0.1) is 30.8 Å². The summed E-state index contributed by atoms with van der Waals surface area (Å²) in [6.07, 6.45) is 0. The lowest BCUT2D eigenvalue weighted by atomic mass is 10.2. The number of aromatic nitrogens is 2. The molecule has 0 atom stereocenters. The Morgan fingerprint density at radius 3 is 2.62 bits per heavy atom. The SMILES string of the molecule is COC(=O)c1ccc(OCc2nc3ccccc3n2C(F)F)c(OC)c1. The summed E-state index contributed by atoms with van der Waals surface area (Å²) in [5.41, 5.74) is 1.07. The molecule has 136 valence electrons. The van der Waals surface area contributed by atoms with Crippen molar-refractivity contribution >= 4 is 17.0 Å². The molecule has 0 aliphatic carbocycles. The van der Waals surface area contributed by atoms with Crippen molar-refractivity contribution < 1.29 is 27.8 Å². The number of ether oxygens (including phenoxy) is 3. The lowest BCUT2D eigenvalue weighted by Gasteiger charge is -2.12. The van der Waals surface area contributed by atoms with Crippen molar-refractivity contribution in [3.8, 4) is 11.5 Å². The first-order chi connectivity index (χ1) is 12.5. The summed E-state index contributed by atoms with van der Waals surface area (Å²) in [7, 11) is 2.69. The topological polar surface area (TPSA) is 62.6 Å². The van der Waals surface area contributed by atoms with Crippen LogP contribution >= 0.6 is 0 Å². The number of esters is 1. The van der Waals surface area contributed by atoms with Crippen molar-refractivity contribution in [1.82, 2.24) is 9.55 Å². The molecule has 6 nitrogen and oxygen atoms in total. The van der Waals surface area contributed by atoms with E-state index in [0.717, 1.165) is 4.57 Å². The van der Waals surface area contributed by atoms with Crippen LogP contribution in [0.15, 0.2) is 42.5 Å². The number of hydrogen-bond donors (Lipinski definition) is 0. The van der Waals surface area contributed by atoms with E-state index < -0.39 is 12.5 Å². The molecule has 0 amide bonds. The maximum absolute atomic E-state index is 13.4. The number of carbonyl (C=O) groups is 1.